The first-order valence-electron chi connectivity index (χ1n) is 6.17. The van der Waals surface area contributed by atoms with E-state index in [2.05, 4.69) is 12.2 Å². The third-order valence-electron chi connectivity index (χ3n) is 2.81. The summed E-state index contributed by atoms with van der Waals surface area (Å²) in [5.74, 6) is -0.163. The molecule has 0 aliphatic heterocycles. The van der Waals surface area contributed by atoms with Crippen LogP contribution in [0.5, 0.6) is 0 Å². The van der Waals surface area contributed by atoms with Gasteiger partial charge in [0, 0.05) is 6.42 Å². The highest BCUT2D eigenvalue weighted by Crippen LogP contribution is 2.09. The van der Waals surface area contributed by atoms with Crippen LogP contribution in [0.4, 0.5) is 0 Å². The van der Waals surface area contributed by atoms with Crippen molar-refractivity contribution in [3.8, 4) is 0 Å². The maximum absolute atomic E-state index is 11.6. The second-order valence-corrected chi connectivity index (χ2v) is 4.91. The van der Waals surface area contributed by atoms with Crippen LogP contribution in [0.25, 0.3) is 0 Å². The average molecular weight is 243 g/mol. The van der Waals surface area contributed by atoms with Gasteiger partial charge in [-0.1, -0.05) is 20.8 Å². The summed E-state index contributed by atoms with van der Waals surface area (Å²) in [6.45, 7) is 6.41. The summed E-state index contributed by atoms with van der Waals surface area (Å²) in [4.78, 5) is 22.7. The van der Waals surface area contributed by atoms with Crippen molar-refractivity contribution in [3.05, 3.63) is 0 Å². The molecule has 0 spiro atoms. The third-order valence-corrected chi connectivity index (χ3v) is 2.81. The molecule has 2 atom stereocenters. The number of hydrogen-bond donors (Lipinski definition) is 3. The Morgan fingerprint density at radius 1 is 1.18 bits per heavy atom. The number of amides is 2. The van der Waals surface area contributed by atoms with Crippen molar-refractivity contribution >= 4 is 11.8 Å². The summed E-state index contributed by atoms with van der Waals surface area (Å²) in [6, 6.07) is -0.577. The van der Waals surface area contributed by atoms with E-state index >= 15 is 0 Å². The van der Waals surface area contributed by atoms with E-state index in [0.717, 1.165) is 12.8 Å². The molecule has 0 heterocycles. The lowest BCUT2D eigenvalue weighted by atomic mass is 10.0. The van der Waals surface area contributed by atoms with Crippen molar-refractivity contribution in [1.29, 1.82) is 0 Å². The van der Waals surface area contributed by atoms with E-state index in [1.54, 1.807) is 0 Å². The fraction of sp³-hybridized carbons (Fsp3) is 0.833. The van der Waals surface area contributed by atoms with Gasteiger partial charge in [-0.15, -0.1) is 0 Å². The molecule has 0 aromatic carbocycles. The molecule has 0 bridgehead atoms. The number of carbonyl (C=O) groups is 2. The Hall–Kier alpha value is -1.10. The van der Waals surface area contributed by atoms with Gasteiger partial charge in [0.15, 0.2) is 0 Å². The van der Waals surface area contributed by atoms with Gasteiger partial charge < -0.3 is 16.8 Å². The van der Waals surface area contributed by atoms with Crippen LogP contribution in [0.1, 0.15) is 40.0 Å². The lowest BCUT2D eigenvalue weighted by Gasteiger charge is -2.19. The van der Waals surface area contributed by atoms with Crippen LogP contribution in [-0.4, -0.2) is 24.4 Å². The lowest BCUT2D eigenvalue weighted by Crippen LogP contribution is -2.47. The quantitative estimate of drug-likeness (QED) is 0.574. The van der Waals surface area contributed by atoms with E-state index in [-0.39, 0.29) is 11.8 Å². The van der Waals surface area contributed by atoms with Gasteiger partial charge in [-0.25, -0.2) is 0 Å². The van der Waals surface area contributed by atoms with Gasteiger partial charge >= 0.3 is 0 Å². The third kappa shape index (κ3) is 6.94. The van der Waals surface area contributed by atoms with Gasteiger partial charge in [0.1, 0.15) is 6.04 Å². The van der Waals surface area contributed by atoms with Gasteiger partial charge in [0.05, 0.1) is 0 Å². The summed E-state index contributed by atoms with van der Waals surface area (Å²) in [5, 5.41) is 2.67. The van der Waals surface area contributed by atoms with Crippen molar-refractivity contribution < 1.29 is 9.59 Å². The molecule has 5 nitrogen and oxygen atoms in total. The van der Waals surface area contributed by atoms with Crippen LogP contribution >= 0.6 is 0 Å². The maximum atomic E-state index is 11.6. The molecule has 0 aromatic heterocycles. The molecule has 5 N–H and O–H groups in total. The molecule has 0 aliphatic carbocycles. The minimum absolute atomic E-state index is 0.0120. The minimum atomic E-state index is -0.577. The predicted molar refractivity (Wildman–Crippen MR) is 68.0 cm³/mol. The summed E-state index contributed by atoms with van der Waals surface area (Å²) >= 11 is 0. The van der Waals surface area contributed by atoms with Crippen molar-refractivity contribution in [3.63, 3.8) is 0 Å². The largest absolute Gasteiger partial charge is 0.368 e. The van der Waals surface area contributed by atoms with Crippen LogP contribution in [-0.2, 0) is 9.59 Å². The zero-order chi connectivity index (χ0) is 13.4. The molecule has 0 aliphatic rings. The lowest BCUT2D eigenvalue weighted by molar-refractivity contribution is -0.128. The highest BCUT2D eigenvalue weighted by Gasteiger charge is 2.21. The standard InChI is InChI=1S/C12H25N3O2/c1-8(2)11(12(14)17)15-10(16)5-4-9(3)6-7-13/h8-9,11H,4-7,13H2,1-3H3,(H2,14,17)(H,15,16). The predicted octanol–water partition coefficient (Wildman–Crippen LogP) is 0.378. The van der Waals surface area contributed by atoms with Gasteiger partial charge in [-0.05, 0) is 31.2 Å². The number of rotatable bonds is 8. The summed E-state index contributed by atoms with van der Waals surface area (Å²) < 4.78 is 0. The molecule has 0 fully saturated rings. The molecule has 5 heteroatoms. The molecule has 17 heavy (non-hydrogen) atoms. The summed E-state index contributed by atoms with van der Waals surface area (Å²) in [7, 11) is 0. The molecule has 0 aromatic rings. The molecular weight excluding hydrogens is 218 g/mol. The fourth-order valence-electron chi connectivity index (χ4n) is 1.62. The van der Waals surface area contributed by atoms with Crippen LogP contribution in [0.2, 0.25) is 0 Å². The Balaban J connectivity index is 4.03. The van der Waals surface area contributed by atoms with E-state index in [0.29, 0.717) is 18.9 Å². The molecule has 100 valence electrons. The molecule has 0 saturated carbocycles. The zero-order valence-corrected chi connectivity index (χ0v) is 11.0. The Bertz CT molecular complexity index is 254. The number of hydrogen-bond acceptors (Lipinski definition) is 3. The second-order valence-electron chi connectivity index (χ2n) is 4.91. The van der Waals surface area contributed by atoms with Crippen molar-refractivity contribution in [2.75, 3.05) is 6.54 Å². The molecule has 2 amide bonds. The number of carbonyl (C=O) groups excluding carboxylic acids is 2. The first-order chi connectivity index (χ1) is 7.88. The van der Waals surface area contributed by atoms with Gasteiger partial charge in [-0.2, -0.15) is 0 Å². The number of primary amides is 1. The monoisotopic (exact) mass is 243 g/mol. The fourth-order valence-corrected chi connectivity index (χ4v) is 1.62. The highest BCUT2D eigenvalue weighted by atomic mass is 16.2. The topological polar surface area (TPSA) is 98.2 Å². The van der Waals surface area contributed by atoms with E-state index in [1.807, 2.05) is 13.8 Å². The van der Waals surface area contributed by atoms with Gasteiger partial charge in [-0.3, -0.25) is 9.59 Å². The SMILES string of the molecule is CC(CCN)CCC(=O)NC(C(N)=O)C(C)C. The van der Waals surface area contributed by atoms with E-state index in [1.165, 1.54) is 0 Å². The summed E-state index contributed by atoms with van der Waals surface area (Å²) in [6.07, 6.45) is 2.11. The first-order valence-corrected chi connectivity index (χ1v) is 6.17. The molecule has 0 radical (unpaired) electrons. The molecule has 2 unspecified atom stereocenters. The van der Waals surface area contributed by atoms with Crippen LogP contribution in [0.15, 0.2) is 0 Å². The van der Waals surface area contributed by atoms with Crippen molar-refractivity contribution in [2.24, 2.45) is 23.3 Å². The Labute approximate surface area is 103 Å². The Morgan fingerprint density at radius 2 is 1.76 bits per heavy atom. The Kier molecular flexibility index (Phi) is 7.54. The van der Waals surface area contributed by atoms with E-state index < -0.39 is 11.9 Å². The van der Waals surface area contributed by atoms with Crippen LogP contribution in [0.3, 0.4) is 0 Å². The second kappa shape index (κ2) is 8.06. The molecule has 0 rings (SSSR count). The van der Waals surface area contributed by atoms with Crippen molar-refractivity contribution in [1.82, 2.24) is 5.32 Å². The first kappa shape index (κ1) is 15.9. The normalized spacial score (nSPS) is 14.4. The minimum Gasteiger partial charge on any atom is -0.368 e. The average Bonchev–Trinajstić information content (AvgIpc) is 2.22. The van der Waals surface area contributed by atoms with E-state index in [4.69, 9.17) is 11.5 Å². The van der Waals surface area contributed by atoms with Crippen molar-refractivity contribution in [2.45, 2.75) is 46.1 Å². The summed E-state index contributed by atoms with van der Waals surface area (Å²) in [5.41, 5.74) is 10.7. The van der Waals surface area contributed by atoms with Gasteiger partial charge in [0.2, 0.25) is 11.8 Å². The maximum Gasteiger partial charge on any atom is 0.240 e. The molecule has 0 saturated heterocycles. The molecular formula is C12H25N3O2. The van der Waals surface area contributed by atoms with Gasteiger partial charge in [0.25, 0.3) is 0 Å². The van der Waals surface area contributed by atoms with Crippen LogP contribution < -0.4 is 16.8 Å². The van der Waals surface area contributed by atoms with Crippen LogP contribution in [0, 0.1) is 11.8 Å². The van der Waals surface area contributed by atoms with E-state index in [9.17, 15) is 9.59 Å². The number of nitrogens with one attached hydrogen (secondary N) is 1. The highest BCUT2D eigenvalue weighted by molar-refractivity contribution is 5.86. The number of nitrogens with two attached hydrogens (primary N) is 2. The zero-order valence-electron chi connectivity index (χ0n) is 11.0. The smallest absolute Gasteiger partial charge is 0.240 e. The Morgan fingerprint density at radius 3 is 2.18 bits per heavy atom.